The van der Waals surface area contributed by atoms with Crippen LogP contribution in [0.4, 0.5) is 0 Å². The molecule has 0 saturated carbocycles. The third kappa shape index (κ3) is 3.84. The van der Waals surface area contributed by atoms with Crippen molar-refractivity contribution in [2.24, 2.45) is 0 Å². The second kappa shape index (κ2) is 5.60. The van der Waals surface area contributed by atoms with Gasteiger partial charge in [-0.1, -0.05) is 0 Å². The summed E-state index contributed by atoms with van der Waals surface area (Å²) in [7, 11) is 0. The van der Waals surface area contributed by atoms with Gasteiger partial charge in [-0.25, -0.2) is 4.79 Å². The summed E-state index contributed by atoms with van der Waals surface area (Å²) in [5.41, 5.74) is 0.907. The average Bonchev–Trinajstić information content (AvgIpc) is 2.83. The van der Waals surface area contributed by atoms with Crippen molar-refractivity contribution in [2.45, 2.75) is 39.3 Å². The average molecular weight is 288 g/mol. The van der Waals surface area contributed by atoms with Gasteiger partial charge in [0.2, 0.25) is 0 Å². The molecule has 0 unspecified atom stereocenters. The summed E-state index contributed by atoms with van der Waals surface area (Å²) in [6.07, 6.45) is 1.82. The molecule has 1 aromatic heterocycles. The Bertz CT molecular complexity index is 667. The number of H-pyrrole nitrogens is 1. The van der Waals surface area contributed by atoms with Gasteiger partial charge in [0.1, 0.15) is 11.6 Å². The topological polar surface area (TPSA) is 71.2 Å². The zero-order valence-electron chi connectivity index (χ0n) is 12.7. The molecule has 2 rings (SSSR count). The van der Waals surface area contributed by atoms with Crippen LogP contribution in [0.1, 0.15) is 38.1 Å². The Morgan fingerprint density at radius 3 is 2.62 bits per heavy atom. The van der Waals surface area contributed by atoms with E-state index in [-0.39, 0.29) is 5.91 Å². The van der Waals surface area contributed by atoms with Crippen LogP contribution in [0.15, 0.2) is 30.5 Å². The van der Waals surface area contributed by atoms with Gasteiger partial charge in [0.05, 0.1) is 0 Å². The van der Waals surface area contributed by atoms with Crippen molar-refractivity contribution in [3.63, 3.8) is 0 Å². The minimum Gasteiger partial charge on any atom is -0.458 e. The maximum atomic E-state index is 12.2. The van der Waals surface area contributed by atoms with Gasteiger partial charge in [0.15, 0.2) is 0 Å². The lowest BCUT2D eigenvalue weighted by atomic mass is 10.1. The largest absolute Gasteiger partial charge is 0.458 e. The Labute approximate surface area is 123 Å². The molecule has 21 heavy (non-hydrogen) atoms. The number of benzene rings is 1. The van der Waals surface area contributed by atoms with Gasteiger partial charge < -0.3 is 15.0 Å². The van der Waals surface area contributed by atoms with Crippen molar-refractivity contribution >= 4 is 22.8 Å². The molecule has 5 nitrogen and oxygen atoms in total. The molecule has 1 amide bonds. The lowest BCUT2D eigenvalue weighted by Gasteiger charge is -2.22. The van der Waals surface area contributed by atoms with E-state index < -0.39 is 17.6 Å². The monoisotopic (exact) mass is 288 g/mol. The van der Waals surface area contributed by atoms with E-state index in [1.807, 2.05) is 18.3 Å². The maximum absolute atomic E-state index is 12.2. The van der Waals surface area contributed by atoms with Crippen molar-refractivity contribution in [3.05, 3.63) is 36.0 Å². The Balaban J connectivity index is 2.04. The number of hydrogen-bond donors (Lipinski definition) is 2. The van der Waals surface area contributed by atoms with Crippen LogP contribution in [-0.4, -0.2) is 28.5 Å². The number of hydrogen-bond acceptors (Lipinski definition) is 3. The molecule has 5 heteroatoms. The van der Waals surface area contributed by atoms with Crippen molar-refractivity contribution in [3.8, 4) is 0 Å². The van der Waals surface area contributed by atoms with Gasteiger partial charge in [0.25, 0.3) is 5.91 Å². The molecular formula is C16H20N2O3. The lowest BCUT2D eigenvalue weighted by molar-refractivity contribution is -0.156. The van der Waals surface area contributed by atoms with Crippen LogP contribution < -0.4 is 5.32 Å². The molecule has 2 aromatic rings. The van der Waals surface area contributed by atoms with E-state index in [4.69, 9.17) is 4.74 Å². The Morgan fingerprint density at radius 1 is 1.24 bits per heavy atom. The molecule has 0 fully saturated rings. The summed E-state index contributed by atoms with van der Waals surface area (Å²) in [6, 6.07) is 6.53. The van der Waals surface area contributed by atoms with Gasteiger partial charge >= 0.3 is 5.97 Å². The molecule has 0 aliphatic rings. The van der Waals surface area contributed by atoms with E-state index in [1.165, 1.54) is 0 Å². The first-order chi connectivity index (χ1) is 9.76. The van der Waals surface area contributed by atoms with Crippen molar-refractivity contribution in [1.29, 1.82) is 0 Å². The molecule has 0 bridgehead atoms. The highest BCUT2D eigenvalue weighted by molar-refractivity contribution is 5.99. The number of ether oxygens (including phenoxy) is 1. The molecule has 0 aliphatic carbocycles. The van der Waals surface area contributed by atoms with Crippen molar-refractivity contribution < 1.29 is 14.3 Å². The van der Waals surface area contributed by atoms with Gasteiger partial charge in [-0.3, -0.25) is 4.79 Å². The number of nitrogens with one attached hydrogen (secondary N) is 2. The summed E-state index contributed by atoms with van der Waals surface area (Å²) >= 11 is 0. The fourth-order valence-electron chi connectivity index (χ4n) is 1.92. The summed E-state index contributed by atoms with van der Waals surface area (Å²) < 4.78 is 5.24. The minimum atomic E-state index is -0.696. The Kier molecular flexibility index (Phi) is 4.02. The third-order valence-electron chi connectivity index (χ3n) is 2.92. The molecule has 1 atom stereocenters. The zero-order valence-corrected chi connectivity index (χ0v) is 12.7. The quantitative estimate of drug-likeness (QED) is 0.853. The SMILES string of the molecule is C[C@@H](NC(=O)c1ccc2[nH]ccc2c1)C(=O)OC(C)(C)C. The second-order valence-electron chi connectivity index (χ2n) is 6.01. The molecule has 0 spiro atoms. The van der Waals surface area contributed by atoms with Crippen LogP contribution in [0, 0.1) is 0 Å². The fourth-order valence-corrected chi connectivity index (χ4v) is 1.92. The fraction of sp³-hybridized carbons (Fsp3) is 0.375. The van der Waals surface area contributed by atoms with Gasteiger partial charge in [-0.2, -0.15) is 0 Å². The van der Waals surface area contributed by atoms with E-state index in [0.29, 0.717) is 5.56 Å². The summed E-state index contributed by atoms with van der Waals surface area (Å²) in [4.78, 5) is 27.1. The van der Waals surface area contributed by atoms with Crippen LogP contribution in [0.2, 0.25) is 0 Å². The van der Waals surface area contributed by atoms with E-state index in [1.54, 1.807) is 39.8 Å². The van der Waals surface area contributed by atoms with Gasteiger partial charge in [-0.05, 0) is 52.0 Å². The van der Waals surface area contributed by atoms with Gasteiger partial charge in [-0.15, -0.1) is 0 Å². The highest BCUT2D eigenvalue weighted by atomic mass is 16.6. The minimum absolute atomic E-state index is 0.295. The molecule has 1 aromatic carbocycles. The first kappa shape index (κ1) is 15.1. The number of aromatic amines is 1. The second-order valence-corrected chi connectivity index (χ2v) is 6.01. The van der Waals surface area contributed by atoms with Crippen molar-refractivity contribution in [1.82, 2.24) is 10.3 Å². The van der Waals surface area contributed by atoms with E-state index in [0.717, 1.165) is 10.9 Å². The van der Waals surface area contributed by atoms with Crippen LogP contribution >= 0.6 is 0 Å². The number of rotatable bonds is 3. The molecule has 0 aliphatic heterocycles. The smallest absolute Gasteiger partial charge is 0.328 e. The molecule has 0 saturated heterocycles. The molecule has 1 heterocycles. The lowest BCUT2D eigenvalue weighted by Crippen LogP contribution is -2.42. The molecular weight excluding hydrogens is 268 g/mol. The summed E-state index contributed by atoms with van der Waals surface area (Å²) in [5.74, 6) is -0.741. The Hall–Kier alpha value is -2.30. The van der Waals surface area contributed by atoms with Crippen LogP contribution in [0.5, 0.6) is 0 Å². The predicted molar refractivity (Wildman–Crippen MR) is 81.1 cm³/mol. The summed E-state index contributed by atoms with van der Waals surface area (Å²) in [5, 5.41) is 3.60. The number of aromatic nitrogens is 1. The van der Waals surface area contributed by atoms with Crippen molar-refractivity contribution in [2.75, 3.05) is 0 Å². The number of carbonyl (C=O) groups is 2. The molecule has 2 N–H and O–H groups in total. The van der Waals surface area contributed by atoms with E-state index in [2.05, 4.69) is 10.3 Å². The van der Waals surface area contributed by atoms with Crippen LogP contribution in [0.3, 0.4) is 0 Å². The number of esters is 1. The highest BCUT2D eigenvalue weighted by Gasteiger charge is 2.23. The zero-order chi connectivity index (χ0) is 15.6. The maximum Gasteiger partial charge on any atom is 0.328 e. The Morgan fingerprint density at radius 2 is 1.95 bits per heavy atom. The number of carbonyl (C=O) groups excluding carboxylic acids is 2. The van der Waals surface area contributed by atoms with Crippen LogP contribution in [-0.2, 0) is 9.53 Å². The highest BCUT2D eigenvalue weighted by Crippen LogP contribution is 2.14. The standard InChI is InChI=1S/C16H20N2O3/c1-10(15(20)21-16(2,3)4)18-14(19)12-5-6-13-11(9-12)7-8-17-13/h5-10,17H,1-4H3,(H,18,19)/t10-/m1/s1. The van der Waals surface area contributed by atoms with E-state index in [9.17, 15) is 9.59 Å². The first-order valence-corrected chi connectivity index (χ1v) is 6.87. The third-order valence-corrected chi connectivity index (χ3v) is 2.92. The number of fused-ring (bicyclic) bond motifs is 1. The predicted octanol–water partition coefficient (Wildman–Crippen LogP) is 2.63. The van der Waals surface area contributed by atoms with E-state index >= 15 is 0 Å². The van der Waals surface area contributed by atoms with Gasteiger partial charge in [0, 0.05) is 22.7 Å². The summed E-state index contributed by atoms with van der Waals surface area (Å²) in [6.45, 7) is 6.98. The van der Waals surface area contributed by atoms with Crippen LogP contribution in [0.25, 0.3) is 10.9 Å². The number of amides is 1. The molecule has 112 valence electrons. The molecule has 0 radical (unpaired) electrons. The first-order valence-electron chi connectivity index (χ1n) is 6.87. The normalized spacial score (nSPS) is 13.0.